The van der Waals surface area contributed by atoms with Crippen molar-refractivity contribution in [3.63, 3.8) is 0 Å². The van der Waals surface area contributed by atoms with E-state index >= 15 is 4.79 Å². The highest BCUT2D eigenvalue weighted by molar-refractivity contribution is 6.08. The number of carbonyl (C=O) groups excluding carboxylic acids is 3. The summed E-state index contributed by atoms with van der Waals surface area (Å²) in [5.74, 6) is 0.00813. The van der Waals surface area contributed by atoms with E-state index in [9.17, 15) is 9.59 Å². The molecule has 1 fully saturated rings. The molecular weight excluding hydrogens is 723 g/mol. The number of hydrogen-bond donors (Lipinski definition) is 0. The molecule has 0 spiro atoms. The Morgan fingerprint density at radius 1 is 0.776 bits per heavy atom. The monoisotopic (exact) mass is 777 g/mol. The molecule has 0 bridgehead atoms. The van der Waals surface area contributed by atoms with E-state index in [0.717, 1.165) is 78.2 Å². The molecule has 9 heteroatoms. The van der Waals surface area contributed by atoms with Crippen LogP contribution in [-0.2, 0) is 48.9 Å². The first-order chi connectivity index (χ1) is 28.3. The van der Waals surface area contributed by atoms with Crippen molar-refractivity contribution in [3.8, 4) is 11.3 Å². The Kier molecular flexibility index (Phi) is 11.9. The first-order valence-electron chi connectivity index (χ1n) is 21.0. The quantitative estimate of drug-likeness (QED) is 0.139. The number of hydrogen-bond acceptors (Lipinski definition) is 5. The molecule has 4 aromatic carbocycles. The molecule has 1 saturated heterocycles. The summed E-state index contributed by atoms with van der Waals surface area (Å²) in [5.41, 5.74) is 10.2. The van der Waals surface area contributed by atoms with E-state index in [1.807, 2.05) is 90.5 Å². The molecule has 3 amide bonds. The van der Waals surface area contributed by atoms with Crippen LogP contribution >= 0.6 is 0 Å². The lowest BCUT2D eigenvalue weighted by Crippen LogP contribution is -2.52. The van der Waals surface area contributed by atoms with Crippen molar-refractivity contribution in [2.24, 2.45) is 7.05 Å². The predicted octanol–water partition coefficient (Wildman–Crippen LogP) is 7.47. The van der Waals surface area contributed by atoms with Crippen molar-refractivity contribution in [2.45, 2.75) is 65.1 Å². The van der Waals surface area contributed by atoms with Gasteiger partial charge in [-0.05, 0) is 84.3 Å². The Hall–Kier alpha value is -5.51. The maximum atomic E-state index is 15.5. The van der Waals surface area contributed by atoms with Crippen LogP contribution in [0.3, 0.4) is 0 Å². The highest BCUT2D eigenvalue weighted by Crippen LogP contribution is 2.36. The van der Waals surface area contributed by atoms with Gasteiger partial charge in [0, 0.05) is 87.1 Å². The molecule has 8 rings (SSSR count). The van der Waals surface area contributed by atoms with Gasteiger partial charge < -0.3 is 24.0 Å². The number of nitrogens with zero attached hydrogens (tertiary/aromatic N) is 5. The lowest BCUT2D eigenvalue weighted by molar-refractivity contribution is -0.131. The minimum Gasteiger partial charge on any atom is -0.379 e. The molecule has 0 aliphatic carbocycles. The van der Waals surface area contributed by atoms with Crippen LogP contribution in [0.25, 0.3) is 11.3 Å². The average Bonchev–Trinajstić information content (AvgIpc) is 3.56. The van der Waals surface area contributed by atoms with E-state index in [4.69, 9.17) is 4.74 Å². The van der Waals surface area contributed by atoms with Gasteiger partial charge in [-0.3, -0.25) is 19.3 Å². The van der Waals surface area contributed by atoms with Gasteiger partial charge in [0.2, 0.25) is 5.91 Å². The summed E-state index contributed by atoms with van der Waals surface area (Å²) >= 11 is 0. The Morgan fingerprint density at radius 3 is 2.22 bits per heavy atom. The van der Waals surface area contributed by atoms with Crippen LogP contribution in [0.15, 0.2) is 103 Å². The average molecular weight is 778 g/mol. The molecule has 9 nitrogen and oxygen atoms in total. The lowest BCUT2D eigenvalue weighted by Gasteiger charge is -2.41. The van der Waals surface area contributed by atoms with Crippen molar-refractivity contribution < 1.29 is 19.1 Å². The van der Waals surface area contributed by atoms with Crippen molar-refractivity contribution >= 4 is 23.4 Å². The second kappa shape index (κ2) is 17.5. The number of anilines is 1. The maximum Gasteiger partial charge on any atom is 0.260 e. The Balaban J connectivity index is 1.20. The molecular formula is C49H55N5O4. The Bertz CT molecular complexity index is 2260. The van der Waals surface area contributed by atoms with Crippen LogP contribution in [0.2, 0.25) is 0 Å². The number of benzene rings is 4. The second-order valence-electron chi connectivity index (χ2n) is 16.1. The van der Waals surface area contributed by atoms with Crippen molar-refractivity contribution in [2.75, 3.05) is 50.8 Å². The summed E-state index contributed by atoms with van der Waals surface area (Å²) in [7, 11) is 2.00. The van der Waals surface area contributed by atoms with Crippen LogP contribution in [0.4, 0.5) is 5.69 Å². The van der Waals surface area contributed by atoms with Crippen molar-refractivity contribution in [1.29, 1.82) is 0 Å². The zero-order chi connectivity index (χ0) is 40.2. The minimum atomic E-state index is -0.0457. The first-order valence-corrected chi connectivity index (χ1v) is 21.0. The number of amides is 3. The fraction of sp³-hybridized carbons (Fsp3) is 0.367. The van der Waals surface area contributed by atoms with Gasteiger partial charge in [0.1, 0.15) is 0 Å². The van der Waals surface area contributed by atoms with E-state index in [1.165, 1.54) is 11.1 Å². The maximum absolute atomic E-state index is 15.5. The number of rotatable bonds is 11. The summed E-state index contributed by atoms with van der Waals surface area (Å²) in [5, 5.41) is 0. The number of ether oxygens (including phenoxy) is 1. The number of unbranched alkanes of at least 4 members (excludes halogenated alkanes) is 1. The minimum absolute atomic E-state index is 0.0288. The number of morpholine rings is 1. The number of para-hydroxylation sites is 1. The molecule has 1 aromatic heterocycles. The third-order valence-corrected chi connectivity index (χ3v) is 12.4. The van der Waals surface area contributed by atoms with Crippen LogP contribution in [0.5, 0.6) is 0 Å². The summed E-state index contributed by atoms with van der Waals surface area (Å²) in [6.45, 7) is 10.2. The standard InChI is InChI=1S/C49H55N5O4/c1-4-5-21-53(41-18-10-7-11-19-41)48(56)43-31-46(50(3)35(43)2)44-29-38-20-22-52(47(55)27-36-14-8-6-9-15-36)32-40(38)30-45(44)49(57)54-33-39-17-13-12-16-37(39)28-42(54)34-51-23-25-58-26-24-51/h6-19,29-31,42H,4-5,20-28,32-34H2,1-3H3/t42-/m0/s1. The molecule has 3 aliphatic heterocycles. The van der Waals surface area contributed by atoms with E-state index in [-0.39, 0.29) is 23.8 Å². The Morgan fingerprint density at radius 2 is 1.48 bits per heavy atom. The van der Waals surface area contributed by atoms with Crippen LogP contribution in [0.1, 0.15) is 74.0 Å². The molecule has 5 aromatic rings. The number of aromatic nitrogens is 1. The highest BCUT2D eigenvalue weighted by atomic mass is 16.5. The van der Waals surface area contributed by atoms with Crippen LogP contribution in [-0.4, -0.2) is 89.0 Å². The molecule has 0 radical (unpaired) electrons. The summed E-state index contributed by atoms with van der Waals surface area (Å²) < 4.78 is 7.76. The van der Waals surface area contributed by atoms with E-state index in [0.29, 0.717) is 63.4 Å². The van der Waals surface area contributed by atoms with Gasteiger partial charge >= 0.3 is 0 Å². The van der Waals surface area contributed by atoms with Gasteiger partial charge in [0.15, 0.2) is 0 Å². The van der Waals surface area contributed by atoms with Crippen LogP contribution in [0, 0.1) is 6.92 Å². The van der Waals surface area contributed by atoms with Gasteiger partial charge in [0.05, 0.1) is 25.2 Å². The molecule has 0 N–H and O–H groups in total. The lowest BCUT2D eigenvalue weighted by atomic mass is 9.89. The molecule has 0 saturated carbocycles. The van der Waals surface area contributed by atoms with Gasteiger partial charge in [-0.2, -0.15) is 0 Å². The zero-order valence-electron chi connectivity index (χ0n) is 34.2. The zero-order valence-corrected chi connectivity index (χ0v) is 34.2. The second-order valence-corrected chi connectivity index (χ2v) is 16.1. The van der Waals surface area contributed by atoms with E-state index in [2.05, 4.69) is 57.7 Å². The van der Waals surface area contributed by atoms with E-state index < -0.39 is 0 Å². The molecule has 3 aliphatic rings. The van der Waals surface area contributed by atoms with E-state index in [1.54, 1.807) is 0 Å². The molecule has 4 heterocycles. The molecule has 300 valence electrons. The highest BCUT2D eigenvalue weighted by Gasteiger charge is 2.35. The van der Waals surface area contributed by atoms with Crippen molar-refractivity contribution in [1.82, 2.24) is 19.3 Å². The fourth-order valence-electron chi connectivity index (χ4n) is 8.91. The molecule has 1 atom stereocenters. The first kappa shape index (κ1) is 39.3. The largest absolute Gasteiger partial charge is 0.379 e. The normalized spacial score (nSPS) is 16.8. The van der Waals surface area contributed by atoms with Crippen molar-refractivity contribution in [3.05, 3.63) is 148 Å². The summed E-state index contributed by atoms with van der Waals surface area (Å²) in [6.07, 6.45) is 3.66. The summed E-state index contributed by atoms with van der Waals surface area (Å²) in [6, 6.07) is 34.4. The Labute approximate surface area is 342 Å². The van der Waals surface area contributed by atoms with Gasteiger partial charge in [-0.15, -0.1) is 0 Å². The predicted molar refractivity (Wildman–Crippen MR) is 229 cm³/mol. The van der Waals surface area contributed by atoms with Crippen LogP contribution < -0.4 is 4.90 Å². The van der Waals surface area contributed by atoms with Gasteiger partial charge in [-0.1, -0.05) is 86.1 Å². The third kappa shape index (κ3) is 8.24. The molecule has 0 unspecified atom stereocenters. The number of carbonyl (C=O) groups is 3. The third-order valence-electron chi connectivity index (χ3n) is 12.4. The van der Waals surface area contributed by atoms with Gasteiger partial charge in [-0.25, -0.2) is 0 Å². The summed E-state index contributed by atoms with van der Waals surface area (Å²) in [4.78, 5) is 52.0. The SMILES string of the molecule is CCCCN(C(=O)c1cc(-c2cc3c(cc2C(=O)N2Cc4ccccc4C[C@H]2CN2CCOCC2)CN(C(=O)Cc2ccccc2)CC3)n(C)c1C)c1ccccc1. The topological polar surface area (TPSA) is 78.3 Å². The van der Waals surface area contributed by atoms with Gasteiger partial charge in [0.25, 0.3) is 11.8 Å². The molecule has 58 heavy (non-hydrogen) atoms. The smallest absolute Gasteiger partial charge is 0.260 e. The fourth-order valence-corrected chi connectivity index (χ4v) is 8.91. The number of fused-ring (bicyclic) bond motifs is 2.